The Bertz CT molecular complexity index is 891. The van der Waals surface area contributed by atoms with Crippen LogP contribution >= 0.6 is 0 Å². The van der Waals surface area contributed by atoms with Gasteiger partial charge in [0.05, 0.1) is 19.8 Å². The number of methoxy groups -OCH3 is 2. The van der Waals surface area contributed by atoms with E-state index in [1.807, 2.05) is 0 Å². The molecule has 0 spiro atoms. The molecule has 0 aliphatic carbocycles. The van der Waals surface area contributed by atoms with E-state index in [0.29, 0.717) is 30.3 Å². The van der Waals surface area contributed by atoms with Crippen LogP contribution in [-0.2, 0) is 6.42 Å². The number of hydrogen-bond donors (Lipinski definition) is 1. The van der Waals surface area contributed by atoms with Crippen molar-refractivity contribution in [2.75, 3.05) is 54.0 Å². The zero-order chi connectivity index (χ0) is 24.6. The van der Waals surface area contributed by atoms with Gasteiger partial charge in [-0.1, -0.05) is 13.8 Å². The summed E-state index contributed by atoms with van der Waals surface area (Å²) in [4.78, 5) is 18.8. The Balaban J connectivity index is 1.65. The minimum absolute atomic E-state index is 0.347. The van der Waals surface area contributed by atoms with Gasteiger partial charge in [0.15, 0.2) is 11.5 Å². The fourth-order valence-electron chi connectivity index (χ4n) is 6.98. The molecule has 0 bridgehead atoms. The van der Waals surface area contributed by atoms with Gasteiger partial charge in [-0.25, -0.2) is 4.79 Å². The maximum atomic E-state index is 12.2. The fraction of sp³-hybridized carbons (Fsp3) is 0.741. The minimum Gasteiger partial charge on any atom is -0.493 e. The summed E-state index contributed by atoms with van der Waals surface area (Å²) in [5.74, 6) is 3.28. The summed E-state index contributed by atoms with van der Waals surface area (Å²) in [6.07, 6.45) is 3.40. The van der Waals surface area contributed by atoms with Gasteiger partial charge in [-0.15, -0.1) is 0 Å². The van der Waals surface area contributed by atoms with Crippen LogP contribution in [0.2, 0.25) is 0 Å². The Labute approximate surface area is 205 Å². The van der Waals surface area contributed by atoms with Gasteiger partial charge in [0, 0.05) is 38.8 Å². The molecule has 0 aromatic heterocycles. The number of ether oxygens (including phenoxy) is 2. The molecule has 1 amide bonds. The molecule has 4 rings (SSSR count). The Morgan fingerprint density at radius 2 is 1.85 bits per heavy atom. The number of benzene rings is 1. The number of piperidine rings is 1. The largest absolute Gasteiger partial charge is 0.493 e. The average molecular weight is 474 g/mol. The predicted molar refractivity (Wildman–Crippen MR) is 134 cm³/mol. The average Bonchev–Trinajstić information content (AvgIpc) is 2.77. The second-order valence-electron chi connectivity index (χ2n) is 11.4. The Kier molecular flexibility index (Phi) is 7.34. The SMILES string of the molecule is COc1cc2c(cc1OC)[C@H]1C[C@H](C[C@]3(C)CN(C)CCN3C(=O)O)[C@H](CC(C)C)CN1CC2. The third-order valence-corrected chi connectivity index (χ3v) is 8.45. The van der Waals surface area contributed by atoms with E-state index in [0.717, 1.165) is 56.9 Å². The molecule has 7 nitrogen and oxygen atoms in total. The molecule has 0 unspecified atom stereocenters. The first-order chi connectivity index (χ1) is 16.1. The van der Waals surface area contributed by atoms with E-state index in [1.165, 1.54) is 17.5 Å². The van der Waals surface area contributed by atoms with Crippen LogP contribution in [0.15, 0.2) is 12.1 Å². The number of fused-ring (bicyclic) bond motifs is 3. The molecule has 1 aromatic rings. The first-order valence-corrected chi connectivity index (χ1v) is 12.8. The molecular formula is C27H43N3O4. The van der Waals surface area contributed by atoms with Crippen LogP contribution in [0.3, 0.4) is 0 Å². The first kappa shape index (κ1) is 25.1. The Morgan fingerprint density at radius 1 is 1.15 bits per heavy atom. The lowest BCUT2D eigenvalue weighted by Crippen LogP contribution is -2.62. The highest BCUT2D eigenvalue weighted by Crippen LogP contribution is 2.48. The number of piperazine rings is 1. The molecule has 3 aliphatic heterocycles. The number of hydrogen-bond acceptors (Lipinski definition) is 5. The van der Waals surface area contributed by atoms with Gasteiger partial charge in [0.2, 0.25) is 0 Å². The highest BCUT2D eigenvalue weighted by Gasteiger charge is 2.46. The van der Waals surface area contributed by atoms with Gasteiger partial charge >= 0.3 is 6.09 Å². The van der Waals surface area contributed by atoms with Crippen molar-refractivity contribution in [3.8, 4) is 11.5 Å². The lowest BCUT2D eigenvalue weighted by molar-refractivity contribution is -0.0211. The van der Waals surface area contributed by atoms with Gasteiger partial charge in [-0.3, -0.25) is 4.90 Å². The zero-order valence-corrected chi connectivity index (χ0v) is 21.8. The molecule has 3 aliphatic rings. The topological polar surface area (TPSA) is 65.5 Å². The van der Waals surface area contributed by atoms with Crippen molar-refractivity contribution in [3.63, 3.8) is 0 Å². The van der Waals surface area contributed by atoms with Crippen molar-refractivity contribution < 1.29 is 19.4 Å². The molecule has 1 N–H and O–H groups in total. The van der Waals surface area contributed by atoms with Crippen molar-refractivity contribution in [1.82, 2.24) is 14.7 Å². The van der Waals surface area contributed by atoms with Gasteiger partial charge in [-0.05, 0) is 80.7 Å². The quantitative estimate of drug-likeness (QED) is 0.662. The second-order valence-corrected chi connectivity index (χ2v) is 11.4. The normalized spacial score (nSPS) is 30.1. The van der Waals surface area contributed by atoms with E-state index < -0.39 is 6.09 Å². The molecular weight excluding hydrogens is 430 g/mol. The van der Waals surface area contributed by atoms with Crippen molar-refractivity contribution in [1.29, 1.82) is 0 Å². The van der Waals surface area contributed by atoms with Crippen molar-refractivity contribution in [3.05, 3.63) is 23.3 Å². The third kappa shape index (κ3) is 4.87. The number of nitrogens with zero attached hydrogens (tertiary/aromatic N) is 3. The van der Waals surface area contributed by atoms with Crippen LogP contribution in [0.4, 0.5) is 4.79 Å². The van der Waals surface area contributed by atoms with Crippen molar-refractivity contribution >= 4 is 6.09 Å². The van der Waals surface area contributed by atoms with E-state index in [-0.39, 0.29) is 5.54 Å². The van der Waals surface area contributed by atoms with E-state index in [4.69, 9.17) is 9.47 Å². The fourth-order valence-corrected chi connectivity index (χ4v) is 6.98. The van der Waals surface area contributed by atoms with Crippen molar-refractivity contribution in [2.45, 2.75) is 58.0 Å². The van der Waals surface area contributed by atoms with Crippen LogP contribution in [0.5, 0.6) is 11.5 Å². The van der Waals surface area contributed by atoms with Crippen molar-refractivity contribution in [2.24, 2.45) is 17.8 Å². The molecule has 1 aromatic carbocycles. The summed E-state index contributed by atoms with van der Waals surface area (Å²) in [6.45, 7) is 11.1. The Morgan fingerprint density at radius 3 is 2.50 bits per heavy atom. The number of rotatable bonds is 6. The van der Waals surface area contributed by atoms with Crippen LogP contribution in [0.1, 0.15) is 57.2 Å². The number of carboxylic acid groups (broad SMARTS) is 1. The summed E-state index contributed by atoms with van der Waals surface area (Å²) in [7, 11) is 5.51. The van der Waals surface area contributed by atoms with Crippen LogP contribution < -0.4 is 9.47 Å². The minimum atomic E-state index is -0.784. The maximum absolute atomic E-state index is 12.2. The van der Waals surface area contributed by atoms with E-state index in [9.17, 15) is 9.90 Å². The van der Waals surface area contributed by atoms with Crippen LogP contribution in [-0.4, -0.2) is 85.4 Å². The summed E-state index contributed by atoms with van der Waals surface area (Å²) in [6, 6.07) is 4.69. The second kappa shape index (κ2) is 9.94. The molecule has 0 saturated carbocycles. The standard InChI is InChI=1S/C27H43N3O4/c1-18(2)11-21-16-29-8-7-19-13-24(33-5)25(34-6)14-22(19)23(29)12-20(21)15-27(3)17-28(4)9-10-30(27)26(31)32/h13-14,18,20-21,23H,7-12,15-17H2,1-6H3,(H,31,32)/t20-,21-,23-,27-/m1/s1. The van der Waals surface area contributed by atoms with Crippen LogP contribution in [0, 0.1) is 17.8 Å². The van der Waals surface area contributed by atoms with Crippen LogP contribution in [0.25, 0.3) is 0 Å². The van der Waals surface area contributed by atoms with E-state index in [2.05, 4.69) is 49.8 Å². The summed E-state index contributed by atoms with van der Waals surface area (Å²) in [5.41, 5.74) is 2.35. The molecule has 2 saturated heterocycles. The lowest BCUT2D eigenvalue weighted by atomic mass is 9.69. The molecule has 4 atom stereocenters. The first-order valence-electron chi connectivity index (χ1n) is 12.8. The molecule has 190 valence electrons. The summed E-state index contributed by atoms with van der Waals surface area (Å²) >= 11 is 0. The van der Waals surface area contributed by atoms with Gasteiger partial charge < -0.3 is 24.4 Å². The molecule has 7 heteroatoms. The Hall–Kier alpha value is -1.99. The maximum Gasteiger partial charge on any atom is 0.407 e. The van der Waals surface area contributed by atoms with Gasteiger partial charge in [-0.2, -0.15) is 0 Å². The molecule has 0 radical (unpaired) electrons. The number of likely N-dealkylation sites (N-methyl/N-ethyl adjacent to an activating group) is 1. The third-order valence-electron chi connectivity index (χ3n) is 8.45. The monoisotopic (exact) mass is 473 g/mol. The highest BCUT2D eigenvalue weighted by atomic mass is 16.5. The predicted octanol–water partition coefficient (Wildman–Crippen LogP) is 4.36. The number of carbonyl (C=O) groups is 1. The van der Waals surface area contributed by atoms with Gasteiger partial charge in [0.25, 0.3) is 0 Å². The molecule has 34 heavy (non-hydrogen) atoms. The highest BCUT2D eigenvalue weighted by molar-refractivity contribution is 5.66. The van der Waals surface area contributed by atoms with E-state index in [1.54, 1.807) is 19.1 Å². The summed E-state index contributed by atoms with van der Waals surface area (Å²) in [5, 5.41) is 10.00. The summed E-state index contributed by atoms with van der Waals surface area (Å²) < 4.78 is 11.2. The molecule has 2 fully saturated rings. The smallest absolute Gasteiger partial charge is 0.407 e. The zero-order valence-electron chi connectivity index (χ0n) is 21.8. The lowest BCUT2D eigenvalue weighted by Gasteiger charge is -2.53. The number of amides is 1. The van der Waals surface area contributed by atoms with Gasteiger partial charge in [0.1, 0.15) is 0 Å². The molecule has 3 heterocycles. The van der Waals surface area contributed by atoms with E-state index >= 15 is 0 Å².